The Bertz CT molecular complexity index is 913. The lowest BCUT2D eigenvalue weighted by Gasteiger charge is -2.36. The van der Waals surface area contributed by atoms with Gasteiger partial charge in [0.2, 0.25) is 0 Å². The van der Waals surface area contributed by atoms with Crippen molar-refractivity contribution in [2.24, 2.45) is 10.8 Å². The van der Waals surface area contributed by atoms with E-state index in [4.69, 9.17) is 28.9 Å². The van der Waals surface area contributed by atoms with Crippen molar-refractivity contribution < 1.29 is 8.78 Å². The van der Waals surface area contributed by atoms with E-state index in [9.17, 15) is 8.78 Å². The second-order valence-electron chi connectivity index (χ2n) is 6.52. The van der Waals surface area contributed by atoms with Gasteiger partial charge in [-0.05, 0) is 30.4 Å². The van der Waals surface area contributed by atoms with Crippen LogP contribution in [0.3, 0.4) is 0 Å². The molecule has 0 aliphatic carbocycles. The summed E-state index contributed by atoms with van der Waals surface area (Å²) in [5, 5.41) is 4.84. The topological polar surface area (TPSA) is 56.9 Å². The summed E-state index contributed by atoms with van der Waals surface area (Å²) in [7, 11) is 0. The summed E-state index contributed by atoms with van der Waals surface area (Å²) in [6.45, 7) is 3.05. The molecule has 0 radical (unpaired) electrons. The predicted molar refractivity (Wildman–Crippen MR) is 118 cm³/mol. The van der Waals surface area contributed by atoms with Crippen LogP contribution in [0.2, 0.25) is 10.0 Å². The summed E-state index contributed by atoms with van der Waals surface area (Å²) in [6.07, 6.45) is 1.13. The molecular formula is C19H19Cl2F2N5S. The number of nitrogens with zero attached hydrogens (tertiary/aromatic N) is 3. The molecule has 3 rings (SSSR count). The highest BCUT2D eigenvalue weighted by atomic mass is 35.5. The Hall–Kier alpha value is -2.00. The van der Waals surface area contributed by atoms with E-state index in [1.807, 2.05) is 4.90 Å². The van der Waals surface area contributed by atoms with E-state index in [-0.39, 0.29) is 16.4 Å². The van der Waals surface area contributed by atoms with Crippen LogP contribution in [0, 0.1) is 11.6 Å². The van der Waals surface area contributed by atoms with Gasteiger partial charge >= 0.3 is 0 Å². The fraction of sp³-hybridized carbons (Fsp3) is 0.263. The molecule has 10 heteroatoms. The Labute approximate surface area is 183 Å². The lowest BCUT2D eigenvalue weighted by atomic mass is 10.1. The van der Waals surface area contributed by atoms with Gasteiger partial charge in [0.25, 0.3) is 0 Å². The molecule has 0 atom stereocenters. The van der Waals surface area contributed by atoms with Gasteiger partial charge in [-0.25, -0.2) is 8.78 Å². The molecule has 2 aromatic rings. The Morgan fingerprint density at radius 2 is 1.79 bits per heavy atom. The number of rotatable bonds is 5. The van der Waals surface area contributed by atoms with Crippen LogP contribution < -0.4 is 16.1 Å². The number of piperazine rings is 1. The zero-order chi connectivity index (χ0) is 21.0. The van der Waals surface area contributed by atoms with Crippen LogP contribution in [0.5, 0.6) is 0 Å². The second-order valence-corrected chi connectivity index (χ2v) is 7.78. The lowest BCUT2D eigenvalue weighted by molar-refractivity contribution is 0.249. The van der Waals surface area contributed by atoms with Crippen LogP contribution in [-0.4, -0.2) is 42.4 Å². The Balaban J connectivity index is 1.65. The molecule has 3 N–H and O–H groups in total. The van der Waals surface area contributed by atoms with Crippen molar-refractivity contribution in [3.05, 3.63) is 63.1 Å². The zero-order valence-electron chi connectivity index (χ0n) is 15.3. The van der Waals surface area contributed by atoms with Crippen LogP contribution >= 0.6 is 35.4 Å². The summed E-state index contributed by atoms with van der Waals surface area (Å²) >= 11 is 17.1. The van der Waals surface area contributed by atoms with Gasteiger partial charge < -0.3 is 10.6 Å². The first-order valence-electron chi connectivity index (χ1n) is 8.83. The third-order valence-corrected chi connectivity index (χ3v) is 5.40. The fourth-order valence-corrected chi connectivity index (χ4v) is 3.68. The molecule has 0 spiro atoms. The van der Waals surface area contributed by atoms with Gasteiger partial charge in [0, 0.05) is 60.0 Å². The van der Waals surface area contributed by atoms with Crippen LogP contribution in [0.1, 0.15) is 11.1 Å². The third-order valence-electron chi connectivity index (χ3n) is 4.60. The zero-order valence-corrected chi connectivity index (χ0v) is 17.7. The third kappa shape index (κ3) is 5.54. The van der Waals surface area contributed by atoms with Gasteiger partial charge in [-0.1, -0.05) is 29.3 Å². The summed E-state index contributed by atoms with van der Waals surface area (Å²) in [5.74, 6) is -1.11. The summed E-state index contributed by atoms with van der Waals surface area (Å²) < 4.78 is 28.9. The number of benzene rings is 2. The van der Waals surface area contributed by atoms with Crippen molar-refractivity contribution in [3.8, 4) is 0 Å². The highest BCUT2D eigenvalue weighted by Crippen LogP contribution is 2.28. The minimum atomic E-state index is -0.583. The first kappa shape index (κ1) is 21.7. The predicted octanol–water partition coefficient (Wildman–Crippen LogP) is 3.76. The molecule has 29 heavy (non-hydrogen) atoms. The molecule has 1 heterocycles. The monoisotopic (exact) mass is 457 g/mol. The van der Waals surface area contributed by atoms with Crippen molar-refractivity contribution in [2.75, 3.05) is 31.1 Å². The van der Waals surface area contributed by atoms with E-state index >= 15 is 0 Å². The van der Waals surface area contributed by atoms with Crippen molar-refractivity contribution in [1.82, 2.24) is 10.3 Å². The molecular weight excluding hydrogens is 439 g/mol. The molecule has 0 amide bonds. The average Bonchev–Trinajstić information content (AvgIpc) is 2.67. The van der Waals surface area contributed by atoms with Crippen molar-refractivity contribution in [1.29, 1.82) is 0 Å². The second kappa shape index (κ2) is 9.67. The lowest BCUT2D eigenvalue weighted by Crippen LogP contribution is -2.46. The number of thiocarbonyl (C=S) groups is 1. The molecule has 0 aromatic heterocycles. The SMILES string of the molecule is NC(=S)N/N=C/c1cc(F)c(N2CCN(Cc3c(Cl)cccc3Cl)CC2)cc1F. The van der Waals surface area contributed by atoms with Crippen molar-refractivity contribution in [2.45, 2.75) is 6.54 Å². The summed E-state index contributed by atoms with van der Waals surface area (Å²) in [4.78, 5) is 4.00. The van der Waals surface area contributed by atoms with Gasteiger partial charge in [0.1, 0.15) is 11.6 Å². The number of hydrogen-bond donors (Lipinski definition) is 2. The number of hydrazone groups is 1. The van der Waals surface area contributed by atoms with Gasteiger partial charge in [-0.3, -0.25) is 10.3 Å². The maximum atomic E-state index is 14.6. The minimum absolute atomic E-state index is 0.00185. The van der Waals surface area contributed by atoms with E-state index in [1.165, 1.54) is 6.07 Å². The number of anilines is 1. The minimum Gasteiger partial charge on any atom is -0.375 e. The van der Waals surface area contributed by atoms with Gasteiger partial charge in [0.15, 0.2) is 5.11 Å². The van der Waals surface area contributed by atoms with Gasteiger partial charge in [-0.15, -0.1) is 0 Å². The Morgan fingerprint density at radius 3 is 2.41 bits per heavy atom. The number of halogens is 4. The first-order valence-corrected chi connectivity index (χ1v) is 9.99. The van der Waals surface area contributed by atoms with Gasteiger partial charge in [0.05, 0.1) is 11.9 Å². The summed E-state index contributed by atoms with van der Waals surface area (Å²) in [5.41, 5.74) is 8.63. The Morgan fingerprint density at radius 1 is 1.14 bits per heavy atom. The maximum absolute atomic E-state index is 14.6. The molecule has 1 aliphatic heterocycles. The van der Waals surface area contributed by atoms with E-state index in [2.05, 4.69) is 27.6 Å². The maximum Gasteiger partial charge on any atom is 0.184 e. The molecule has 0 saturated carbocycles. The smallest absolute Gasteiger partial charge is 0.184 e. The average molecular weight is 458 g/mol. The molecule has 1 saturated heterocycles. The quantitative estimate of drug-likeness (QED) is 0.406. The van der Waals surface area contributed by atoms with Crippen LogP contribution in [0.15, 0.2) is 35.4 Å². The van der Waals surface area contributed by atoms with E-state index in [1.54, 1.807) is 18.2 Å². The van der Waals surface area contributed by atoms with Crippen LogP contribution in [0.25, 0.3) is 0 Å². The van der Waals surface area contributed by atoms with Crippen molar-refractivity contribution in [3.63, 3.8) is 0 Å². The summed E-state index contributed by atoms with van der Waals surface area (Å²) in [6, 6.07) is 7.69. The first-order chi connectivity index (χ1) is 13.8. The number of nitrogens with one attached hydrogen (secondary N) is 1. The molecule has 1 aliphatic rings. The highest BCUT2D eigenvalue weighted by molar-refractivity contribution is 7.80. The molecule has 0 unspecified atom stereocenters. The normalized spacial score (nSPS) is 15.1. The molecule has 1 fully saturated rings. The number of hydrogen-bond acceptors (Lipinski definition) is 4. The van der Waals surface area contributed by atoms with Crippen molar-refractivity contribution >= 4 is 52.4 Å². The van der Waals surface area contributed by atoms with Crippen LogP contribution in [0.4, 0.5) is 14.5 Å². The Kier molecular flexibility index (Phi) is 7.23. The molecule has 154 valence electrons. The van der Waals surface area contributed by atoms with Gasteiger partial charge in [-0.2, -0.15) is 5.10 Å². The molecule has 5 nitrogen and oxygen atoms in total. The van der Waals surface area contributed by atoms with Crippen LogP contribution in [-0.2, 0) is 6.54 Å². The largest absolute Gasteiger partial charge is 0.375 e. The van der Waals surface area contributed by atoms with E-state index in [0.717, 1.165) is 17.8 Å². The van der Waals surface area contributed by atoms with E-state index in [0.29, 0.717) is 42.8 Å². The number of nitrogens with two attached hydrogens (primary N) is 1. The van der Waals surface area contributed by atoms with E-state index < -0.39 is 11.6 Å². The molecule has 0 bridgehead atoms. The molecule has 2 aromatic carbocycles. The highest BCUT2D eigenvalue weighted by Gasteiger charge is 2.22. The fourth-order valence-electron chi connectivity index (χ4n) is 3.11. The standard InChI is InChI=1S/C19H19Cl2F2N5S/c20-14-2-1-3-15(21)13(14)11-27-4-6-28(7-5-27)18-9-16(22)12(8-17(18)23)10-25-26-19(24)29/h1-3,8-10H,4-7,11H2,(H3,24,26,29)/b25-10+.